The van der Waals surface area contributed by atoms with Crippen LogP contribution >= 0.6 is 0 Å². The van der Waals surface area contributed by atoms with Crippen molar-refractivity contribution in [2.75, 3.05) is 18.3 Å². The fraction of sp³-hybridized carbons (Fsp3) is 0.231. The molecule has 0 spiro atoms. The Morgan fingerprint density at radius 2 is 1.86 bits per heavy atom. The normalized spacial score (nSPS) is 20.4. The average molecular weight is 479 g/mol. The lowest BCUT2D eigenvalue weighted by Gasteiger charge is -2.45. The van der Waals surface area contributed by atoms with Crippen molar-refractivity contribution in [3.8, 4) is 11.5 Å². The Labute approximate surface area is 200 Å². The number of benzene rings is 2. The van der Waals surface area contributed by atoms with E-state index in [1.807, 2.05) is 37.3 Å². The number of amides is 1. The molecule has 7 nitrogen and oxygen atoms in total. The first-order valence-electron chi connectivity index (χ1n) is 11.3. The molecule has 35 heavy (non-hydrogen) atoms. The van der Waals surface area contributed by atoms with Crippen LogP contribution in [0.4, 0.5) is 8.78 Å². The number of hydrogen-bond acceptors (Lipinski definition) is 5. The summed E-state index contributed by atoms with van der Waals surface area (Å²) >= 11 is 0. The highest BCUT2D eigenvalue weighted by Gasteiger charge is 2.40. The maximum Gasteiger partial charge on any atom is 0.278 e. The highest BCUT2D eigenvalue weighted by molar-refractivity contribution is 5.96. The van der Waals surface area contributed by atoms with E-state index in [9.17, 15) is 19.1 Å². The maximum absolute atomic E-state index is 15.1. The SMILES string of the molecule is CC[C@H]1/C=C/COc2c(ccc(F)c2F)[C@H](c2ccccc2)N2CN1C(=O)c1c(O)c(=O)ccn12. The van der Waals surface area contributed by atoms with Crippen molar-refractivity contribution in [2.24, 2.45) is 0 Å². The van der Waals surface area contributed by atoms with Gasteiger partial charge in [0.25, 0.3) is 5.91 Å². The molecule has 2 aliphatic heterocycles. The molecule has 0 saturated heterocycles. The van der Waals surface area contributed by atoms with Gasteiger partial charge in [-0.15, -0.1) is 0 Å². The van der Waals surface area contributed by atoms with Crippen LogP contribution in [0.15, 0.2) is 71.7 Å². The molecular formula is C26H23F2N3O4. The number of pyridine rings is 1. The molecule has 2 aromatic carbocycles. The second-order valence-corrected chi connectivity index (χ2v) is 8.39. The van der Waals surface area contributed by atoms with E-state index in [1.165, 1.54) is 16.9 Å². The van der Waals surface area contributed by atoms with Gasteiger partial charge in [-0.25, -0.2) is 4.39 Å². The molecule has 0 unspecified atom stereocenters. The van der Waals surface area contributed by atoms with Crippen molar-refractivity contribution < 1.29 is 23.4 Å². The van der Waals surface area contributed by atoms with E-state index < -0.39 is 40.8 Å². The number of fused-ring (bicyclic) bond motifs is 5. The van der Waals surface area contributed by atoms with E-state index >= 15 is 4.39 Å². The molecule has 9 heteroatoms. The monoisotopic (exact) mass is 479 g/mol. The van der Waals surface area contributed by atoms with Gasteiger partial charge < -0.3 is 14.7 Å². The first-order chi connectivity index (χ1) is 16.9. The zero-order chi connectivity index (χ0) is 24.7. The Hall–Kier alpha value is -4.14. The van der Waals surface area contributed by atoms with E-state index in [4.69, 9.17) is 4.74 Å². The van der Waals surface area contributed by atoms with Crippen LogP contribution in [-0.4, -0.2) is 39.9 Å². The Morgan fingerprint density at radius 1 is 1.09 bits per heavy atom. The van der Waals surface area contributed by atoms with Gasteiger partial charge >= 0.3 is 0 Å². The largest absolute Gasteiger partial charge is 0.502 e. The van der Waals surface area contributed by atoms with E-state index in [0.717, 1.165) is 12.1 Å². The molecule has 1 amide bonds. The van der Waals surface area contributed by atoms with Crippen LogP contribution in [0, 0.1) is 11.6 Å². The zero-order valence-electron chi connectivity index (χ0n) is 18.9. The summed E-state index contributed by atoms with van der Waals surface area (Å²) in [6.45, 7) is 1.91. The molecule has 1 N–H and O–H groups in total. The third-order valence-corrected chi connectivity index (χ3v) is 6.38. The molecule has 180 valence electrons. The van der Waals surface area contributed by atoms with Gasteiger partial charge in [-0.1, -0.05) is 43.3 Å². The van der Waals surface area contributed by atoms with E-state index in [0.29, 0.717) is 17.5 Å². The van der Waals surface area contributed by atoms with Gasteiger partial charge in [0, 0.05) is 17.8 Å². The van der Waals surface area contributed by atoms with Crippen molar-refractivity contribution in [1.82, 2.24) is 9.58 Å². The number of carbonyl (C=O) groups excluding carboxylic acids is 1. The highest BCUT2D eigenvalue weighted by Crippen LogP contribution is 2.39. The van der Waals surface area contributed by atoms with E-state index in [1.54, 1.807) is 22.1 Å². The molecule has 0 aliphatic carbocycles. The third-order valence-electron chi connectivity index (χ3n) is 6.38. The van der Waals surface area contributed by atoms with Crippen LogP contribution < -0.4 is 15.2 Å². The number of aromatic hydroxyl groups is 1. The minimum atomic E-state index is -1.11. The number of halogens is 2. The smallest absolute Gasteiger partial charge is 0.278 e. The van der Waals surface area contributed by atoms with Crippen molar-refractivity contribution in [2.45, 2.75) is 25.4 Å². The highest BCUT2D eigenvalue weighted by atomic mass is 19.2. The summed E-state index contributed by atoms with van der Waals surface area (Å²) < 4.78 is 36.5. The number of carbonyl (C=O) groups is 1. The van der Waals surface area contributed by atoms with E-state index in [2.05, 4.69) is 0 Å². The Bertz CT molecular complexity index is 1370. The second kappa shape index (κ2) is 8.90. The first kappa shape index (κ1) is 22.6. The van der Waals surface area contributed by atoms with Gasteiger partial charge in [0.15, 0.2) is 23.0 Å². The first-order valence-corrected chi connectivity index (χ1v) is 11.3. The summed E-state index contributed by atoms with van der Waals surface area (Å²) in [4.78, 5) is 27.4. The van der Waals surface area contributed by atoms with E-state index in [-0.39, 0.29) is 24.7 Å². The van der Waals surface area contributed by atoms with Gasteiger partial charge in [0.2, 0.25) is 11.2 Å². The van der Waals surface area contributed by atoms with Crippen molar-refractivity contribution >= 4 is 5.91 Å². The molecule has 2 atom stereocenters. The van der Waals surface area contributed by atoms with Gasteiger partial charge in [-0.05, 0) is 30.2 Å². The maximum atomic E-state index is 15.1. The summed E-state index contributed by atoms with van der Waals surface area (Å²) in [5.41, 5.74) is 0.159. The topological polar surface area (TPSA) is 75.0 Å². The number of nitrogens with zero attached hydrogens (tertiary/aromatic N) is 3. The van der Waals surface area contributed by atoms with Gasteiger partial charge in [0.05, 0.1) is 6.04 Å². The van der Waals surface area contributed by atoms with Gasteiger partial charge in [0.1, 0.15) is 19.3 Å². The summed E-state index contributed by atoms with van der Waals surface area (Å²) in [5.74, 6) is -3.58. The second-order valence-electron chi connectivity index (χ2n) is 8.39. The van der Waals surface area contributed by atoms with Gasteiger partial charge in [-0.2, -0.15) is 4.39 Å². The lowest BCUT2D eigenvalue weighted by Crippen LogP contribution is -2.57. The van der Waals surface area contributed by atoms with Crippen molar-refractivity contribution in [1.29, 1.82) is 0 Å². The quantitative estimate of drug-likeness (QED) is 0.568. The van der Waals surface area contributed by atoms with Gasteiger partial charge in [-0.3, -0.25) is 19.3 Å². The van der Waals surface area contributed by atoms with Crippen molar-refractivity contribution in [3.05, 3.63) is 106 Å². The molecule has 5 rings (SSSR count). The molecule has 0 fully saturated rings. The molecule has 2 aliphatic rings. The minimum absolute atomic E-state index is 0.0382. The summed E-state index contributed by atoms with van der Waals surface area (Å²) in [6.07, 6.45) is 5.35. The Kier molecular flexibility index (Phi) is 5.76. The number of hydrogen-bond donors (Lipinski definition) is 1. The molecule has 3 aromatic rings. The van der Waals surface area contributed by atoms with Crippen LogP contribution in [0.3, 0.4) is 0 Å². The Balaban J connectivity index is 1.84. The Morgan fingerprint density at radius 3 is 2.60 bits per heavy atom. The summed E-state index contributed by atoms with van der Waals surface area (Å²) in [5, 5.41) is 12.4. The molecule has 1 aromatic heterocycles. The summed E-state index contributed by atoms with van der Waals surface area (Å²) in [6, 6.07) is 11.6. The van der Waals surface area contributed by atoms with Crippen LogP contribution in [0.5, 0.6) is 11.5 Å². The lowest BCUT2D eigenvalue weighted by molar-refractivity contribution is 0.0626. The summed E-state index contributed by atoms with van der Waals surface area (Å²) in [7, 11) is 0. The van der Waals surface area contributed by atoms with Crippen LogP contribution in [0.25, 0.3) is 0 Å². The fourth-order valence-electron chi connectivity index (χ4n) is 4.68. The van der Waals surface area contributed by atoms with Crippen LogP contribution in [0.1, 0.15) is 41.0 Å². The standard InChI is InChI=1S/C26H23F2N3O4/c1-2-17-9-6-14-35-25-18(10-11-19(27)21(25)28)22(16-7-4-3-5-8-16)31-15-29(17)26(34)23-24(33)20(32)12-13-30(23)31/h3-13,17,22,33H,2,14-15H2,1H3/b9-6+/t17-,22-/m0/s1. The number of ether oxygens (including phenoxy) is 1. The molecule has 3 heterocycles. The predicted molar refractivity (Wildman–Crippen MR) is 125 cm³/mol. The molecule has 0 radical (unpaired) electrons. The molecule has 2 bridgehead atoms. The number of rotatable bonds is 2. The average Bonchev–Trinajstić information content (AvgIpc) is 2.89. The molecule has 0 saturated carbocycles. The lowest BCUT2D eigenvalue weighted by atomic mass is 9.96. The van der Waals surface area contributed by atoms with Crippen LogP contribution in [0.2, 0.25) is 0 Å². The number of aromatic nitrogens is 1. The molecular weight excluding hydrogens is 456 g/mol. The fourth-order valence-corrected chi connectivity index (χ4v) is 4.68. The minimum Gasteiger partial charge on any atom is -0.502 e. The third kappa shape index (κ3) is 3.73. The van der Waals surface area contributed by atoms with Crippen LogP contribution in [-0.2, 0) is 0 Å². The zero-order valence-corrected chi connectivity index (χ0v) is 18.9. The predicted octanol–water partition coefficient (Wildman–Crippen LogP) is 3.70. The van der Waals surface area contributed by atoms with Crippen molar-refractivity contribution in [3.63, 3.8) is 0 Å².